The summed E-state index contributed by atoms with van der Waals surface area (Å²) in [5.41, 5.74) is 9.83. The summed E-state index contributed by atoms with van der Waals surface area (Å²) in [5, 5.41) is 22.8. The summed E-state index contributed by atoms with van der Waals surface area (Å²) in [6.45, 7) is 5.60. The molecule has 0 bridgehead atoms. The molecule has 0 atom stereocenters. The van der Waals surface area contributed by atoms with Crippen LogP contribution in [0.15, 0.2) is 24.3 Å². The zero-order valence-electron chi connectivity index (χ0n) is 16.0. The number of aromatic nitrogens is 3. The highest BCUT2D eigenvalue weighted by molar-refractivity contribution is 7.71. The zero-order valence-corrected chi connectivity index (χ0v) is 16.8. The van der Waals surface area contributed by atoms with Crippen LogP contribution < -0.4 is 15.2 Å². The summed E-state index contributed by atoms with van der Waals surface area (Å²) in [6.07, 6.45) is 0. The van der Waals surface area contributed by atoms with Crippen LogP contribution in [0.2, 0.25) is 0 Å². The van der Waals surface area contributed by atoms with Crippen LogP contribution in [0.3, 0.4) is 0 Å². The molecule has 1 aliphatic rings. The maximum atomic E-state index is 9.98. The fraction of sp³-hybridized carbons (Fsp3) is 0.300. The second kappa shape index (κ2) is 7.55. The summed E-state index contributed by atoms with van der Waals surface area (Å²) < 4.78 is 9.18. The number of nitrogen functional groups attached to an aromatic ring is 1. The lowest BCUT2D eigenvalue weighted by atomic mass is 9.96. The molecule has 1 aromatic carbocycles. The Morgan fingerprint density at radius 3 is 2.41 bits per heavy atom. The van der Waals surface area contributed by atoms with Gasteiger partial charge in [-0.15, -0.1) is 5.10 Å². The van der Waals surface area contributed by atoms with Gasteiger partial charge >= 0.3 is 4.77 Å². The lowest BCUT2D eigenvalue weighted by molar-refractivity contribution is -0.675. The van der Waals surface area contributed by atoms with Gasteiger partial charge in [0.2, 0.25) is 5.82 Å². The predicted octanol–water partition coefficient (Wildman–Crippen LogP) is 2.13. The Hall–Kier alpha value is -3.40. The van der Waals surface area contributed by atoms with Gasteiger partial charge in [-0.2, -0.15) is 10.5 Å². The largest absolute Gasteiger partial charge is 0.378 e. The molecule has 1 fully saturated rings. The maximum absolute atomic E-state index is 9.98. The number of morpholine rings is 1. The number of H-pyrrole nitrogens is 1. The van der Waals surface area contributed by atoms with Gasteiger partial charge in [0.1, 0.15) is 23.3 Å². The summed E-state index contributed by atoms with van der Waals surface area (Å²) in [6, 6.07) is 12.3. The molecule has 4 rings (SSSR count). The van der Waals surface area contributed by atoms with E-state index in [2.05, 4.69) is 22.1 Å². The van der Waals surface area contributed by atoms with Crippen LogP contribution in [-0.4, -0.2) is 35.9 Å². The van der Waals surface area contributed by atoms with E-state index in [0.717, 1.165) is 24.3 Å². The maximum Gasteiger partial charge on any atom is 0.324 e. The van der Waals surface area contributed by atoms with Crippen molar-refractivity contribution < 1.29 is 9.30 Å². The Bertz CT molecular complexity index is 1220. The van der Waals surface area contributed by atoms with E-state index in [4.69, 9.17) is 22.7 Å². The van der Waals surface area contributed by atoms with E-state index in [1.165, 1.54) is 4.52 Å². The number of fused-ring (bicyclic) bond motifs is 1. The first-order valence-electron chi connectivity index (χ1n) is 9.34. The number of hydrogen-bond acceptors (Lipinski definition) is 6. The molecule has 2 aromatic heterocycles. The number of benzene rings is 1. The van der Waals surface area contributed by atoms with Crippen LogP contribution in [0.5, 0.6) is 0 Å². The summed E-state index contributed by atoms with van der Waals surface area (Å²) in [7, 11) is 0. The lowest BCUT2D eigenvalue weighted by Crippen LogP contribution is -2.36. The topological polar surface area (TPSA) is 110 Å². The summed E-state index contributed by atoms with van der Waals surface area (Å²) in [4.78, 5) is 2.25. The molecule has 3 heterocycles. The Labute approximate surface area is 172 Å². The van der Waals surface area contributed by atoms with E-state index in [9.17, 15) is 10.5 Å². The molecule has 0 amide bonds. The fourth-order valence-corrected chi connectivity index (χ4v) is 4.09. The first-order valence-corrected chi connectivity index (χ1v) is 9.74. The van der Waals surface area contributed by atoms with E-state index in [0.29, 0.717) is 41.3 Å². The van der Waals surface area contributed by atoms with Crippen LogP contribution in [0.25, 0.3) is 16.8 Å². The minimum Gasteiger partial charge on any atom is -0.378 e. The van der Waals surface area contributed by atoms with Gasteiger partial charge in [-0.25, -0.2) is 4.57 Å². The zero-order chi connectivity index (χ0) is 20.5. The average Bonchev–Trinajstić information content (AvgIpc) is 3.10. The third-order valence-corrected chi connectivity index (χ3v) is 5.52. The number of anilines is 2. The van der Waals surface area contributed by atoms with Gasteiger partial charge in [-0.05, 0) is 36.8 Å². The molecule has 0 saturated carbocycles. The highest BCUT2D eigenvalue weighted by Gasteiger charge is 2.28. The number of nitriles is 2. The van der Waals surface area contributed by atoms with Crippen molar-refractivity contribution in [3.8, 4) is 23.3 Å². The number of rotatable bonds is 3. The van der Waals surface area contributed by atoms with Gasteiger partial charge in [0.25, 0.3) is 5.65 Å². The Morgan fingerprint density at radius 1 is 1.17 bits per heavy atom. The van der Waals surface area contributed by atoms with Gasteiger partial charge in [0.15, 0.2) is 0 Å². The van der Waals surface area contributed by atoms with E-state index in [1.807, 2.05) is 31.2 Å². The van der Waals surface area contributed by atoms with Crippen molar-refractivity contribution in [3.63, 3.8) is 0 Å². The van der Waals surface area contributed by atoms with Gasteiger partial charge in [-0.3, -0.25) is 0 Å². The molecule has 1 aliphatic heterocycles. The molecule has 0 aliphatic carbocycles. The minimum atomic E-state index is 0.229. The lowest BCUT2D eigenvalue weighted by Gasteiger charge is -2.29. The van der Waals surface area contributed by atoms with Crippen LogP contribution in [0.1, 0.15) is 18.1 Å². The normalized spacial score (nSPS) is 14.0. The number of nitrogens with one attached hydrogen (secondary N) is 1. The standard InChI is InChI=1S/C20H19N7OS/c1-2-26-19-16(12-22)17(15(11-21)18(23)27(19)24-20(26)29)13-3-5-14(6-4-13)25-7-9-28-10-8-25/h3-6,23H,2,7-10H2,1H3,(H,24,29)/p+1. The molecule has 1 saturated heterocycles. The molecule has 8 nitrogen and oxygen atoms in total. The van der Waals surface area contributed by atoms with E-state index in [1.54, 1.807) is 4.57 Å². The van der Waals surface area contributed by atoms with Crippen LogP contribution >= 0.6 is 12.2 Å². The molecule has 3 aromatic rings. The van der Waals surface area contributed by atoms with Crippen molar-refractivity contribution in [2.45, 2.75) is 13.5 Å². The third-order valence-electron chi connectivity index (χ3n) is 5.21. The second-order valence-corrected chi connectivity index (χ2v) is 7.09. The van der Waals surface area contributed by atoms with Crippen LogP contribution in [-0.2, 0) is 11.3 Å². The fourth-order valence-electron chi connectivity index (χ4n) is 3.79. The highest BCUT2D eigenvalue weighted by atomic mass is 32.1. The van der Waals surface area contributed by atoms with Crippen molar-refractivity contribution in [2.24, 2.45) is 0 Å². The molecule has 0 unspecified atom stereocenters. The number of aryl methyl sites for hydroxylation is 1. The van der Waals surface area contributed by atoms with Crippen molar-refractivity contribution in [2.75, 3.05) is 36.9 Å². The van der Waals surface area contributed by atoms with Crippen molar-refractivity contribution in [1.82, 2.24) is 9.61 Å². The Balaban J connectivity index is 1.94. The summed E-state index contributed by atoms with van der Waals surface area (Å²) in [5.74, 6) is 0.229. The van der Waals surface area contributed by atoms with Crippen molar-refractivity contribution in [3.05, 3.63) is 40.2 Å². The SMILES string of the molecule is CC[n+]1c(=S)[nH]n2c(N)c(C#N)c(-c3ccc(N4CCOCC4)cc3)c(C#N)c21. The second-order valence-electron chi connectivity index (χ2n) is 6.70. The van der Waals surface area contributed by atoms with Crippen LogP contribution in [0.4, 0.5) is 11.5 Å². The Kier molecular flexibility index (Phi) is 4.93. The monoisotopic (exact) mass is 406 g/mol. The highest BCUT2D eigenvalue weighted by Crippen LogP contribution is 2.34. The smallest absolute Gasteiger partial charge is 0.324 e. The number of nitrogens with zero attached hydrogens (tertiary/aromatic N) is 5. The van der Waals surface area contributed by atoms with Gasteiger partial charge in [0, 0.05) is 24.3 Å². The van der Waals surface area contributed by atoms with E-state index in [-0.39, 0.29) is 11.4 Å². The number of ether oxygens (including phenoxy) is 1. The molecule has 0 radical (unpaired) electrons. The number of nitrogens with two attached hydrogens (primary N) is 1. The van der Waals surface area contributed by atoms with Gasteiger partial charge < -0.3 is 15.4 Å². The molecule has 29 heavy (non-hydrogen) atoms. The molecular formula is C20H20N7OS+. The van der Waals surface area contributed by atoms with Gasteiger partial charge in [0.05, 0.1) is 19.8 Å². The van der Waals surface area contributed by atoms with E-state index < -0.39 is 0 Å². The number of pyridine rings is 1. The predicted molar refractivity (Wildman–Crippen MR) is 111 cm³/mol. The minimum absolute atomic E-state index is 0.229. The average molecular weight is 406 g/mol. The quantitative estimate of drug-likeness (QED) is 0.509. The molecular weight excluding hydrogens is 386 g/mol. The summed E-state index contributed by atoms with van der Waals surface area (Å²) >= 11 is 5.37. The molecule has 3 N–H and O–H groups in total. The molecule has 9 heteroatoms. The van der Waals surface area contributed by atoms with E-state index >= 15 is 0 Å². The van der Waals surface area contributed by atoms with Crippen molar-refractivity contribution >= 4 is 29.4 Å². The third kappa shape index (κ3) is 3.01. The van der Waals surface area contributed by atoms with Crippen molar-refractivity contribution in [1.29, 1.82) is 10.5 Å². The van der Waals surface area contributed by atoms with Gasteiger partial charge in [-0.1, -0.05) is 16.6 Å². The first-order chi connectivity index (χ1) is 14.1. The van der Waals surface area contributed by atoms with Crippen LogP contribution in [0, 0.1) is 27.4 Å². The number of aromatic amines is 1. The molecule has 146 valence electrons. The molecule has 0 spiro atoms. The Morgan fingerprint density at radius 2 is 1.83 bits per heavy atom. The number of hydrogen-bond donors (Lipinski definition) is 2. The first kappa shape index (κ1) is 18.9.